The van der Waals surface area contributed by atoms with Gasteiger partial charge in [0.25, 0.3) is 5.91 Å². The van der Waals surface area contributed by atoms with Crippen molar-refractivity contribution in [3.63, 3.8) is 0 Å². The van der Waals surface area contributed by atoms with Crippen molar-refractivity contribution in [1.82, 2.24) is 10.3 Å². The van der Waals surface area contributed by atoms with Crippen LogP contribution in [0.3, 0.4) is 0 Å². The number of pyridine rings is 1. The van der Waals surface area contributed by atoms with Crippen LogP contribution in [-0.4, -0.2) is 16.9 Å². The normalized spacial score (nSPS) is 16.0. The lowest BCUT2D eigenvalue weighted by atomic mass is 9.84. The largest absolute Gasteiger partial charge is 0.487 e. The Balaban J connectivity index is 1.53. The van der Waals surface area contributed by atoms with Crippen LogP contribution in [0.25, 0.3) is 0 Å². The van der Waals surface area contributed by atoms with Crippen LogP contribution >= 0.6 is 0 Å². The zero-order chi connectivity index (χ0) is 19.2. The van der Waals surface area contributed by atoms with Crippen molar-refractivity contribution in [3.05, 3.63) is 59.4 Å². The molecule has 3 rings (SSSR count). The summed E-state index contributed by atoms with van der Waals surface area (Å²) in [5.74, 6) is -0.901. The first-order valence-electron chi connectivity index (χ1n) is 9.36. The highest BCUT2D eigenvalue weighted by Crippen LogP contribution is 2.26. The molecule has 2 aromatic rings. The van der Waals surface area contributed by atoms with Gasteiger partial charge in [-0.05, 0) is 37.8 Å². The summed E-state index contributed by atoms with van der Waals surface area (Å²) in [6.07, 6.45) is 7.57. The van der Waals surface area contributed by atoms with Crippen molar-refractivity contribution >= 4 is 5.91 Å². The number of benzene rings is 1. The summed E-state index contributed by atoms with van der Waals surface area (Å²) < 4.78 is 31.7. The molecule has 144 valence electrons. The molecule has 0 radical (unpaired) electrons. The minimum Gasteiger partial charge on any atom is -0.487 e. The zero-order valence-corrected chi connectivity index (χ0v) is 15.4. The molecule has 1 heterocycles. The van der Waals surface area contributed by atoms with E-state index >= 15 is 0 Å². The predicted octanol–water partition coefficient (Wildman–Crippen LogP) is 4.64. The summed E-state index contributed by atoms with van der Waals surface area (Å²) in [6, 6.07) is 6.50. The smallest absolute Gasteiger partial charge is 0.253 e. The number of aromatic nitrogens is 1. The Kier molecular flexibility index (Phi) is 6.37. The molecule has 0 unspecified atom stereocenters. The molecule has 1 aromatic heterocycles. The summed E-state index contributed by atoms with van der Waals surface area (Å²) in [7, 11) is 0. The lowest BCUT2D eigenvalue weighted by molar-refractivity contribution is 0.0919. The van der Waals surface area contributed by atoms with Crippen molar-refractivity contribution in [2.24, 2.45) is 5.92 Å². The van der Waals surface area contributed by atoms with Crippen LogP contribution < -0.4 is 10.1 Å². The maximum absolute atomic E-state index is 13.2. The molecule has 4 nitrogen and oxygen atoms in total. The van der Waals surface area contributed by atoms with Crippen LogP contribution in [-0.2, 0) is 6.61 Å². The second-order valence-corrected chi connectivity index (χ2v) is 7.09. The number of hydrogen-bond donors (Lipinski definition) is 1. The maximum Gasteiger partial charge on any atom is 0.253 e. The van der Waals surface area contributed by atoms with Gasteiger partial charge in [-0.15, -0.1) is 0 Å². The molecule has 1 amide bonds. The molecule has 0 saturated heterocycles. The van der Waals surface area contributed by atoms with Crippen LogP contribution in [0.2, 0.25) is 0 Å². The lowest BCUT2D eigenvalue weighted by Crippen LogP contribution is -2.38. The first-order valence-corrected chi connectivity index (χ1v) is 9.36. The van der Waals surface area contributed by atoms with E-state index in [1.165, 1.54) is 25.5 Å². The molecule has 0 bridgehead atoms. The van der Waals surface area contributed by atoms with Gasteiger partial charge in [0, 0.05) is 30.4 Å². The van der Waals surface area contributed by atoms with E-state index in [4.69, 9.17) is 4.74 Å². The summed E-state index contributed by atoms with van der Waals surface area (Å²) >= 11 is 0. The quantitative estimate of drug-likeness (QED) is 0.802. The zero-order valence-electron chi connectivity index (χ0n) is 15.4. The topological polar surface area (TPSA) is 51.2 Å². The van der Waals surface area contributed by atoms with Crippen LogP contribution in [0, 0.1) is 17.6 Å². The number of nitrogens with zero attached hydrogens (tertiary/aromatic N) is 1. The molecule has 1 aliphatic carbocycles. The van der Waals surface area contributed by atoms with Gasteiger partial charge >= 0.3 is 0 Å². The fourth-order valence-electron chi connectivity index (χ4n) is 3.46. The molecule has 27 heavy (non-hydrogen) atoms. The van der Waals surface area contributed by atoms with E-state index in [9.17, 15) is 13.6 Å². The summed E-state index contributed by atoms with van der Waals surface area (Å²) in [5, 5.41) is 3.06. The molecule has 1 fully saturated rings. The van der Waals surface area contributed by atoms with Gasteiger partial charge in [-0.25, -0.2) is 8.78 Å². The minimum atomic E-state index is -0.697. The minimum absolute atomic E-state index is 0.0588. The van der Waals surface area contributed by atoms with Gasteiger partial charge in [0.15, 0.2) is 0 Å². The van der Waals surface area contributed by atoms with Crippen molar-refractivity contribution < 1.29 is 18.3 Å². The van der Waals surface area contributed by atoms with E-state index in [-0.39, 0.29) is 24.3 Å². The number of rotatable bonds is 6. The van der Waals surface area contributed by atoms with Crippen molar-refractivity contribution in [2.75, 3.05) is 0 Å². The lowest BCUT2D eigenvalue weighted by Gasteiger charge is -2.28. The monoisotopic (exact) mass is 374 g/mol. The average Bonchev–Trinajstić information content (AvgIpc) is 2.66. The Labute approximate surface area is 158 Å². The molecular weight excluding hydrogens is 350 g/mol. The number of carbonyl (C=O) groups excluding carboxylic acids is 1. The molecule has 1 N–H and O–H groups in total. The number of nitrogens with one attached hydrogen (secondary N) is 1. The molecule has 1 aliphatic rings. The molecule has 0 spiro atoms. The van der Waals surface area contributed by atoms with Gasteiger partial charge < -0.3 is 10.1 Å². The fourth-order valence-corrected chi connectivity index (χ4v) is 3.46. The molecule has 1 aromatic carbocycles. The van der Waals surface area contributed by atoms with E-state index in [0.717, 1.165) is 31.0 Å². The highest BCUT2D eigenvalue weighted by molar-refractivity contribution is 5.94. The maximum atomic E-state index is 13.2. The number of halogens is 2. The second-order valence-electron chi connectivity index (χ2n) is 7.09. The van der Waals surface area contributed by atoms with Crippen molar-refractivity contribution in [2.45, 2.75) is 51.7 Å². The Morgan fingerprint density at radius 3 is 2.52 bits per heavy atom. The number of hydrogen-bond acceptors (Lipinski definition) is 3. The van der Waals surface area contributed by atoms with E-state index in [0.29, 0.717) is 17.2 Å². The molecule has 0 aliphatic heterocycles. The summed E-state index contributed by atoms with van der Waals surface area (Å²) in [4.78, 5) is 16.6. The van der Waals surface area contributed by atoms with Gasteiger partial charge in [0.05, 0.1) is 11.3 Å². The Bertz CT molecular complexity index is 754. The van der Waals surface area contributed by atoms with Gasteiger partial charge in [0.2, 0.25) is 0 Å². The van der Waals surface area contributed by atoms with E-state index in [1.807, 2.05) is 0 Å². The standard InChI is InChI=1S/C21H24F2N2O2/c1-14(15-5-3-2-4-6-15)25-21(26)16-7-8-19(24-12-16)13-27-20-10-17(22)9-18(23)11-20/h7-12,14-15H,2-6,13H2,1H3,(H,25,26)/t14-/m1/s1. The molecule has 6 heteroatoms. The van der Waals surface area contributed by atoms with E-state index in [2.05, 4.69) is 17.2 Å². The van der Waals surface area contributed by atoms with E-state index < -0.39 is 11.6 Å². The fraction of sp³-hybridized carbons (Fsp3) is 0.429. The summed E-state index contributed by atoms with van der Waals surface area (Å²) in [6.45, 7) is 2.12. The number of amides is 1. The van der Waals surface area contributed by atoms with Crippen molar-refractivity contribution in [1.29, 1.82) is 0 Å². The Hall–Kier alpha value is -2.50. The van der Waals surface area contributed by atoms with Crippen LogP contribution in [0.15, 0.2) is 36.5 Å². The SMILES string of the molecule is C[C@@H](NC(=O)c1ccc(COc2cc(F)cc(F)c2)nc1)C1CCCCC1. The third-order valence-corrected chi connectivity index (χ3v) is 5.03. The highest BCUT2D eigenvalue weighted by atomic mass is 19.1. The molecule has 1 saturated carbocycles. The molecular formula is C21H24F2N2O2. The van der Waals surface area contributed by atoms with E-state index in [1.54, 1.807) is 12.1 Å². The number of ether oxygens (including phenoxy) is 1. The average molecular weight is 374 g/mol. The Morgan fingerprint density at radius 2 is 1.89 bits per heavy atom. The van der Waals surface area contributed by atoms with Crippen LogP contribution in [0.1, 0.15) is 55.1 Å². The van der Waals surface area contributed by atoms with Gasteiger partial charge in [0.1, 0.15) is 24.0 Å². The highest BCUT2D eigenvalue weighted by Gasteiger charge is 2.21. The Morgan fingerprint density at radius 1 is 1.19 bits per heavy atom. The summed E-state index contributed by atoms with van der Waals surface area (Å²) in [5.41, 5.74) is 1.05. The third-order valence-electron chi connectivity index (χ3n) is 5.03. The van der Waals surface area contributed by atoms with Gasteiger partial charge in [-0.3, -0.25) is 9.78 Å². The first-order chi connectivity index (χ1) is 13.0. The second kappa shape index (κ2) is 8.93. The van der Waals surface area contributed by atoms with Gasteiger partial charge in [-0.1, -0.05) is 19.3 Å². The predicted molar refractivity (Wildman–Crippen MR) is 98.4 cm³/mol. The molecule has 1 atom stereocenters. The third kappa shape index (κ3) is 5.49. The van der Waals surface area contributed by atoms with Crippen LogP contribution in [0.4, 0.5) is 8.78 Å². The van der Waals surface area contributed by atoms with Crippen LogP contribution in [0.5, 0.6) is 5.75 Å². The first kappa shape index (κ1) is 19.3. The number of carbonyl (C=O) groups is 1. The van der Waals surface area contributed by atoms with Crippen molar-refractivity contribution in [3.8, 4) is 5.75 Å². The van der Waals surface area contributed by atoms with Gasteiger partial charge in [-0.2, -0.15) is 0 Å².